The predicted octanol–water partition coefficient (Wildman–Crippen LogP) is 1.82. The summed E-state index contributed by atoms with van der Waals surface area (Å²) < 4.78 is 28.7. The first-order valence-corrected chi connectivity index (χ1v) is 12.0. The van der Waals surface area contributed by atoms with Crippen LogP contribution in [-0.2, 0) is 14.8 Å². The molecule has 1 aromatic carbocycles. The summed E-state index contributed by atoms with van der Waals surface area (Å²) in [6.45, 7) is 5.40. The number of nitrogens with two attached hydrogens (primary N) is 1. The maximum atomic E-state index is 12.7. The molecule has 0 radical (unpaired) electrons. The maximum absolute atomic E-state index is 12.7. The molecule has 0 aliphatic heterocycles. The van der Waals surface area contributed by atoms with Gasteiger partial charge in [0.05, 0.1) is 16.0 Å². The number of thioether (sulfide) groups is 1. The number of aryl methyl sites for hydroxylation is 2. The summed E-state index contributed by atoms with van der Waals surface area (Å²) in [5.41, 5.74) is 1.95. The van der Waals surface area contributed by atoms with Gasteiger partial charge in [-0.15, -0.1) is 10.2 Å². The van der Waals surface area contributed by atoms with E-state index in [0.717, 1.165) is 27.5 Å². The molecule has 0 spiro atoms. The van der Waals surface area contributed by atoms with Gasteiger partial charge in [0.25, 0.3) is 5.95 Å². The van der Waals surface area contributed by atoms with E-state index in [-0.39, 0.29) is 15.8 Å². The Bertz CT molecular complexity index is 1270. The number of sulfonamides is 1. The smallest absolute Gasteiger partial charge is 0.271 e. The number of nitrogen functional groups attached to an aromatic ring is 1. The van der Waals surface area contributed by atoms with Crippen LogP contribution in [-0.4, -0.2) is 62.6 Å². The third-order valence-corrected chi connectivity index (χ3v) is 7.81. The molecule has 14 heteroatoms. The average Bonchev–Trinajstić information content (AvgIpc) is 3.23. The summed E-state index contributed by atoms with van der Waals surface area (Å²) in [6, 6.07) is 6.15. The van der Waals surface area contributed by atoms with Gasteiger partial charge in [-0.3, -0.25) is 4.79 Å². The van der Waals surface area contributed by atoms with Crippen molar-refractivity contribution in [3.63, 3.8) is 0 Å². The first kappa shape index (κ1) is 24.0. The normalized spacial score (nSPS) is 12.8. The molecule has 0 bridgehead atoms. The van der Waals surface area contributed by atoms with Crippen LogP contribution in [0.25, 0.3) is 5.95 Å². The molecule has 3 N–H and O–H groups in total. The van der Waals surface area contributed by atoms with Crippen molar-refractivity contribution in [1.82, 2.24) is 29.0 Å². The summed E-state index contributed by atoms with van der Waals surface area (Å²) in [6.07, 6.45) is 0. The highest BCUT2D eigenvalue weighted by Gasteiger charge is 2.24. The number of rotatable bonds is 7. The van der Waals surface area contributed by atoms with Gasteiger partial charge in [0.15, 0.2) is 0 Å². The first-order valence-electron chi connectivity index (χ1n) is 9.35. The minimum atomic E-state index is -3.77. The summed E-state index contributed by atoms with van der Waals surface area (Å²) in [5.74, 6) is 6.07. The van der Waals surface area contributed by atoms with Crippen molar-refractivity contribution in [2.45, 2.75) is 36.1 Å². The lowest BCUT2D eigenvalue weighted by atomic mass is 10.3. The van der Waals surface area contributed by atoms with E-state index in [0.29, 0.717) is 16.8 Å². The molecule has 1 atom stereocenters. The van der Waals surface area contributed by atoms with Gasteiger partial charge in [-0.1, -0.05) is 23.4 Å². The van der Waals surface area contributed by atoms with Gasteiger partial charge < -0.3 is 11.2 Å². The first-order chi connectivity index (χ1) is 14.9. The molecule has 1 unspecified atom stereocenters. The number of hydrogen-bond acceptors (Lipinski definition) is 8. The largest absolute Gasteiger partial charge is 0.334 e. The van der Waals surface area contributed by atoms with Crippen LogP contribution >= 0.6 is 23.4 Å². The quantitative estimate of drug-likeness (QED) is 0.371. The molecule has 2 aromatic heterocycles. The number of nitrogens with one attached hydrogen (secondary N) is 1. The molecule has 11 nitrogen and oxygen atoms in total. The van der Waals surface area contributed by atoms with Crippen molar-refractivity contribution in [2.75, 3.05) is 25.3 Å². The Labute approximate surface area is 195 Å². The number of anilines is 1. The molecule has 3 rings (SSSR count). The predicted molar refractivity (Wildman–Crippen MR) is 123 cm³/mol. The van der Waals surface area contributed by atoms with Crippen LogP contribution in [0.15, 0.2) is 34.3 Å². The summed E-state index contributed by atoms with van der Waals surface area (Å²) >= 11 is 7.15. The lowest BCUT2D eigenvalue weighted by Crippen LogP contribution is -2.25. The van der Waals surface area contributed by atoms with E-state index in [1.807, 2.05) is 19.9 Å². The Kier molecular flexibility index (Phi) is 6.83. The molecule has 0 saturated carbocycles. The standard InChI is InChI=1S/C18H23ClN8O3S2/c1-10-8-11(2)27(24-10)17-22-23-18(26(17)20)31-12(3)16(28)21-13-6-7-14(19)15(9-13)32(29,30)25(4)5/h6-9,12H,20H2,1-5H3,(H,21,28). The van der Waals surface area contributed by atoms with E-state index in [1.54, 1.807) is 11.6 Å². The lowest BCUT2D eigenvalue weighted by molar-refractivity contribution is -0.115. The SMILES string of the molecule is Cc1cc(C)n(-c2nnc(SC(C)C(=O)Nc3ccc(Cl)c(S(=O)(=O)N(C)C)c3)n2N)n1. The minimum Gasteiger partial charge on any atom is -0.334 e. The second-order valence-corrected chi connectivity index (χ2v) is 11.0. The van der Waals surface area contributed by atoms with Crippen LogP contribution in [0, 0.1) is 13.8 Å². The van der Waals surface area contributed by atoms with Crippen molar-refractivity contribution < 1.29 is 13.2 Å². The molecular formula is C18H23ClN8O3S2. The third kappa shape index (κ3) is 4.75. The van der Waals surface area contributed by atoms with E-state index in [4.69, 9.17) is 17.4 Å². The molecule has 3 aromatic rings. The maximum Gasteiger partial charge on any atom is 0.271 e. The summed E-state index contributed by atoms with van der Waals surface area (Å²) in [7, 11) is -0.964. The van der Waals surface area contributed by atoms with E-state index in [1.165, 1.54) is 37.0 Å². The highest BCUT2D eigenvalue weighted by molar-refractivity contribution is 8.00. The van der Waals surface area contributed by atoms with Crippen LogP contribution in [0.4, 0.5) is 5.69 Å². The zero-order valence-electron chi connectivity index (χ0n) is 18.1. The molecular weight excluding hydrogens is 476 g/mol. The monoisotopic (exact) mass is 498 g/mol. The fourth-order valence-corrected chi connectivity index (χ4v) is 4.92. The summed E-state index contributed by atoms with van der Waals surface area (Å²) in [5, 5.41) is 14.9. The molecule has 0 saturated heterocycles. The van der Waals surface area contributed by atoms with E-state index >= 15 is 0 Å². The highest BCUT2D eigenvalue weighted by Crippen LogP contribution is 2.28. The molecule has 2 heterocycles. The highest BCUT2D eigenvalue weighted by atomic mass is 35.5. The van der Waals surface area contributed by atoms with Crippen LogP contribution in [0.3, 0.4) is 0 Å². The van der Waals surface area contributed by atoms with Crippen LogP contribution in [0.1, 0.15) is 18.3 Å². The second kappa shape index (κ2) is 9.10. The minimum absolute atomic E-state index is 0.0621. The Morgan fingerprint density at radius 2 is 1.94 bits per heavy atom. The second-order valence-electron chi connectivity index (χ2n) is 7.17. The Balaban J connectivity index is 1.76. The van der Waals surface area contributed by atoms with Crippen molar-refractivity contribution in [1.29, 1.82) is 0 Å². The van der Waals surface area contributed by atoms with Crippen LogP contribution in [0.2, 0.25) is 5.02 Å². The number of amides is 1. The van der Waals surface area contributed by atoms with Gasteiger partial charge in [0.1, 0.15) is 4.90 Å². The average molecular weight is 499 g/mol. The van der Waals surface area contributed by atoms with Gasteiger partial charge in [-0.25, -0.2) is 22.1 Å². The number of halogens is 1. The third-order valence-electron chi connectivity index (χ3n) is 4.45. The zero-order valence-corrected chi connectivity index (χ0v) is 20.5. The molecule has 172 valence electrons. The van der Waals surface area contributed by atoms with Crippen molar-refractivity contribution in [2.24, 2.45) is 0 Å². The number of carbonyl (C=O) groups excluding carboxylic acids is 1. The van der Waals surface area contributed by atoms with E-state index < -0.39 is 15.3 Å². The van der Waals surface area contributed by atoms with Gasteiger partial charge in [0, 0.05) is 25.5 Å². The van der Waals surface area contributed by atoms with Crippen LogP contribution in [0.5, 0.6) is 0 Å². The van der Waals surface area contributed by atoms with Gasteiger partial charge in [0.2, 0.25) is 21.1 Å². The van der Waals surface area contributed by atoms with Gasteiger partial charge in [-0.05, 0) is 45.0 Å². The van der Waals surface area contributed by atoms with Crippen LogP contribution < -0.4 is 11.2 Å². The summed E-state index contributed by atoms with van der Waals surface area (Å²) in [4.78, 5) is 12.6. The number of aromatic nitrogens is 5. The number of nitrogens with zero attached hydrogens (tertiary/aromatic N) is 6. The fourth-order valence-electron chi connectivity index (χ4n) is 2.76. The topological polar surface area (TPSA) is 141 Å². The Morgan fingerprint density at radius 3 is 2.53 bits per heavy atom. The Hall–Kier alpha value is -2.61. The molecule has 32 heavy (non-hydrogen) atoms. The van der Waals surface area contributed by atoms with Crippen molar-refractivity contribution in [3.05, 3.63) is 40.7 Å². The number of hydrogen-bond donors (Lipinski definition) is 2. The molecule has 0 aliphatic rings. The number of carbonyl (C=O) groups is 1. The van der Waals surface area contributed by atoms with Crippen molar-refractivity contribution >= 4 is 45.0 Å². The van der Waals surface area contributed by atoms with Gasteiger partial charge in [-0.2, -0.15) is 5.10 Å². The molecule has 0 fully saturated rings. The Morgan fingerprint density at radius 1 is 1.25 bits per heavy atom. The molecule has 1 amide bonds. The molecule has 0 aliphatic carbocycles. The zero-order chi connectivity index (χ0) is 23.8. The lowest BCUT2D eigenvalue weighted by Gasteiger charge is -2.15. The van der Waals surface area contributed by atoms with Crippen molar-refractivity contribution in [3.8, 4) is 5.95 Å². The van der Waals surface area contributed by atoms with E-state index in [9.17, 15) is 13.2 Å². The number of benzene rings is 1. The van der Waals surface area contributed by atoms with Gasteiger partial charge >= 0.3 is 0 Å². The fraction of sp³-hybridized carbons (Fsp3) is 0.333. The van der Waals surface area contributed by atoms with E-state index in [2.05, 4.69) is 20.6 Å².